The minimum atomic E-state index is -4.74. The molecule has 1 aromatic carbocycles. The van der Waals surface area contributed by atoms with E-state index in [-0.39, 0.29) is 11.4 Å². The van der Waals surface area contributed by atoms with Crippen molar-refractivity contribution in [1.82, 2.24) is 14.6 Å². The third-order valence-electron chi connectivity index (χ3n) is 4.15. The van der Waals surface area contributed by atoms with Gasteiger partial charge in [-0.1, -0.05) is 0 Å². The lowest BCUT2D eigenvalue weighted by Gasteiger charge is -2.16. The molecule has 0 aliphatic carbocycles. The zero-order valence-corrected chi connectivity index (χ0v) is 16.7. The number of aryl methyl sites for hydroxylation is 1. The maximum absolute atomic E-state index is 13.2. The number of sulfonamides is 1. The fourth-order valence-electron chi connectivity index (χ4n) is 2.76. The lowest BCUT2D eigenvalue weighted by molar-refractivity contribution is -0.142. The molecule has 0 bridgehead atoms. The van der Waals surface area contributed by atoms with Crippen LogP contribution in [0.2, 0.25) is 0 Å². The molecule has 1 N–H and O–H groups in total. The molecule has 0 aliphatic heterocycles. The summed E-state index contributed by atoms with van der Waals surface area (Å²) in [6.07, 6.45) is -4.48. The minimum Gasteiger partial charge on any atom is -0.452 e. The standard InChI is InChI=1S/C17H16F3N5O4S/c1-10-14(15-21-9-8-13(17(18,19)20)25(15)22-10)30(27,28)23-11-4-6-12(7-5-11)24(2)16(26)29-3/h4-9,23H,1-3H3. The summed E-state index contributed by atoms with van der Waals surface area (Å²) in [6, 6.07) is 6.43. The molecule has 0 unspecified atom stereocenters. The van der Waals surface area contributed by atoms with Crippen molar-refractivity contribution >= 4 is 33.1 Å². The molecule has 0 atom stereocenters. The van der Waals surface area contributed by atoms with Gasteiger partial charge in [0, 0.05) is 24.6 Å². The molecule has 3 rings (SSSR count). The lowest BCUT2D eigenvalue weighted by atomic mass is 10.3. The summed E-state index contributed by atoms with van der Waals surface area (Å²) >= 11 is 0. The summed E-state index contributed by atoms with van der Waals surface area (Å²) in [7, 11) is -1.62. The SMILES string of the molecule is COC(=O)N(C)c1ccc(NS(=O)(=O)c2c(C)nn3c(C(F)(F)F)ccnc23)cc1. The van der Waals surface area contributed by atoms with Crippen LogP contribution in [0.5, 0.6) is 0 Å². The van der Waals surface area contributed by atoms with Crippen molar-refractivity contribution in [3.63, 3.8) is 0 Å². The first-order valence-electron chi connectivity index (χ1n) is 8.32. The number of rotatable bonds is 4. The van der Waals surface area contributed by atoms with Crippen molar-refractivity contribution in [2.75, 3.05) is 23.8 Å². The Morgan fingerprint density at radius 3 is 2.40 bits per heavy atom. The number of halogens is 3. The van der Waals surface area contributed by atoms with Crippen molar-refractivity contribution in [1.29, 1.82) is 0 Å². The molecule has 160 valence electrons. The van der Waals surface area contributed by atoms with Crippen molar-refractivity contribution < 1.29 is 31.1 Å². The molecule has 0 aliphatic rings. The molecule has 0 fully saturated rings. The number of hydrogen-bond donors (Lipinski definition) is 1. The molecule has 9 nitrogen and oxygen atoms in total. The summed E-state index contributed by atoms with van der Waals surface area (Å²) in [6.45, 7) is 1.28. The Labute approximate surface area is 169 Å². The molecule has 0 saturated heterocycles. The van der Waals surface area contributed by atoms with Crippen molar-refractivity contribution in [3.8, 4) is 0 Å². The number of methoxy groups -OCH3 is 1. The largest absolute Gasteiger partial charge is 0.452 e. The second kappa shape index (κ2) is 7.48. The number of ether oxygens (including phenoxy) is 1. The Balaban J connectivity index is 1.98. The van der Waals surface area contributed by atoms with Crippen LogP contribution < -0.4 is 9.62 Å². The van der Waals surface area contributed by atoms with Crippen LogP contribution in [0.3, 0.4) is 0 Å². The first-order chi connectivity index (χ1) is 14.0. The van der Waals surface area contributed by atoms with Gasteiger partial charge in [-0.3, -0.25) is 9.62 Å². The molecule has 0 saturated carbocycles. The van der Waals surface area contributed by atoms with Crippen molar-refractivity contribution in [2.24, 2.45) is 0 Å². The van der Waals surface area contributed by atoms with E-state index in [1.165, 1.54) is 50.2 Å². The van der Waals surface area contributed by atoms with E-state index in [4.69, 9.17) is 0 Å². The summed E-state index contributed by atoms with van der Waals surface area (Å²) in [5.41, 5.74) is -1.17. The Kier molecular flexibility index (Phi) is 5.33. The number of aromatic nitrogens is 3. The second-order valence-electron chi connectivity index (χ2n) is 6.16. The van der Waals surface area contributed by atoms with Crippen LogP contribution in [0.25, 0.3) is 5.65 Å². The maximum atomic E-state index is 13.2. The predicted octanol–water partition coefficient (Wildman–Crippen LogP) is 3.06. The van der Waals surface area contributed by atoms with Crippen LogP contribution in [0.4, 0.5) is 29.3 Å². The van der Waals surface area contributed by atoms with E-state index >= 15 is 0 Å². The molecular formula is C17H16F3N5O4S. The number of benzene rings is 1. The number of fused-ring (bicyclic) bond motifs is 1. The number of anilines is 2. The third-order valence-corrected chi connectivity index (χ3v) is 5.67. The van der Waals surface area contributed by atoms with Crippen LogP contribution in [-0.4, -0.2) is 43.3 Å². The van der Waals surface area contributed by atoms with Crippen molar-refractivity contribution in [2.45, 2.75) is 18.0 Å². The molecular weight excluding hydrogens is 427 g/mol. The topological polar surface area (TPSA) is 106 Å². The Hall–Kier alpha value is -3.35. The predicted molar refractivity (Wildman–Crippen MR) is 101 cm³/mol. The van der Waals surface area contributed by atoms with Crippen LogP contribution in [0, 0.1) is 6.92 Å². The molecule has 13 heteroatoms. The number of nitrogens with zero attached hydrogens (tertiary/aromatic N) is 4. The van der Waals surface area contributed by atoms with Gasteiger partial charge < -0.3 is 4.74 Å². The van der Waals surface area contributed by atoms with Gasteiger partial charge in [0.25, 0.3) is 10.0 Å². The smallest absolute Gasteiger partial charge is 0.433 e. The van der Waals surface area contributed by atoms with Gasteiger partial charge in [-0.05, 0) is 37.3 Å². The van der Waals surface area contributed by atoms with Crippen LogP contribution in [0.15, 0.2) is 41.4 Å². The highest BCUT2D eigenvalue weighted by Crippen LogP contribution is 2.31. The van der Waals surface area contributed by atoms with Gasteiger partial charge in [-0.25, -0.2) is 22.7 Å². The monoisotopic (exact) mass is 443 g/mol. The summed E-state index contributed by atoms with van der Waals surface area (Å²) < 4.78 is 72.6. The Morgan fingerprint density at radius 2 is 1.83 bits per heavy atom. The van der Waals surface area contributed by atoms with Gasteiger partial charge in [0.1, 0.15) is 5.69 Å². The highest BCUT2D eigenvalue weighted by molar-refractivity contribution is 7.93. The van der Waals surface area contributed by atoms with E-state index in [2.05, 4.69) is 19.5 Å². The quantitative estimate of drug-likeness (QED) is 0.664. The van der Waals surface area contributed by atoms with E-state index in [1.807, 2.05) is 0 Å². The van der Waals surface area contributed by atoms with Gasteiger partial charge in [0.05, 0.1) is 12.8 Å². The van der Waals surface area contributed by atoms with Gasteiger partial charge in [0.2, 0.25) is 0 Å². The van der Waals surface area contributed by atoms with Crippen LogP contribution in [-0.2, 0) is 20.9 Å². The molecule has 0 radical (unpaired) electrons. The molecule has 0 spiro atoms. The van der Waals surface area contributed by atoms with Gasteiger partial charge >= 0.3 is 12.3 Å². The number of alkyl halides is 3. The lowest BCUT2D eigenvalue weighted by Crippen LogP contribution is -2.25. The summed E-state index contributed by atoms with van der Waals surface area (Å²) in [5, 5.41) is 3.71. The number of carbonyl (C=O) groups excluding carboxylic acids is 1. The normalized spacial score (nSPS) is 12.1. The number of nitrogens with one attached hydrogen (secondary N) is 1. The Bertz CT molecular complexity index is 1210. The number of carbonyl (C=O) groups is 1. The molecule has 30 heavy (non-hydrogen) atoms. The highest BCUT2D eigenvalue weighted by atomic mass is 32.2. The summed E-state index contributed by atoms with van der Waals surface area (Å²) in [5.74, 6) is 0. The first kappa shape index (κ1) is 21.4. The number of hydrogen-bond acceptors (Lipinski definition) is 6. The zero-order chi connectivity index (χ0) is 22.3. The fourth-order valence-corrected chi connectivity index (χ4v) is 4.12. The molecule has 1 amide bonds. The average molecular weight is 443 g/mol. The fraction of sp³-hybridized carbons (Fsp3) is 0.235. The highest BCUT2D eigenvalue weighted by Gasteiger charge is 2.36. The number of amides is 1. The van der Waals surface area contributed by atoms with E-state index < -0.39 is 38.5 Å². The summed E-state index contributed by atoms with van der Waals surface area (Å²) in [4.78, 5) is 16.0. The second-order valence-corrected chi connectivity index (χ2v) is 7.78. The van der Waals surface area contributed by atoms with Gasteiger partial charge in [-0.15, -0.1) is 0 Å². The first-order valence-corrected chi connectivity index (χ1v) is 9.80. The van der Waals surface area contributed by atoms with Crippen molar-refractivity contribution in [3.05, 3.63) is 47.9 Å². The van der Waals surface area contributed by atoms with Crippen LogP contribution in [0.1, 0.15) is 11.4 Å². The van der Waals surface area contributed by atoms with Gasteiger partial charge in [0.15, 0.2) is 10.5 Å². The van der Waals surface area contributed by atoms with E-state index in [1.54, 1.807) is 0 Å². The third kappa shape index (κ3) is 3.87. The maximum Gasteiger partial charge on any atom is 0.433 e. The average Bonchev–Trinajstić information content (AvgIpc) is 3.02. The van der Waals surface area contributed by atoms with E-state index in [0.717, 1.165) is 6.20 Å². The van der Waals surface area contributed by atoms with E-state index in [9.17, 15) is 26.4 Å². The van der Waals surface area contributed by atoms with Crippen LogP contribution >= 0.6 is 0 Å². The van der Waals surface area contributed by atoms with Gasteiger partial charge in [-0.2, -0.15) is 18.3 Å². The minimum absolute atomic E-state index is 0.128. The molecule has 3 aromatic rings. The zero-order valence-electron chi connectivity index (χ0n) is 15.9. The van der Waals surface area contributed by atoms with E-state index in [0.29, 0.717) is 16.3 Å². The Morgan fingerprint density at radius 1 is 1.20 bits per heavy atom. The molecule has 2 heterocycles. The molecule has 2 aromatic heterocycles.